The Morgan fingerprint density at radius 2 is 1.36 bits per heavy atom. The minimum absolute atomic E-state index is 0.0303. The Bertz CT molecular complexity index is 5800. The summed E-state index contributed by atoms with van der Waals surface area (Å²) in [5, 5.41) is 45.9. The van der Waals surface area contributed by atoms with Gasteiger partial charge in [0.1, 0.15) is 42.0 Å². The van der Waals surface area contributed by atoms with Crippen molar-refractivity contribution < 1.29 is 95.7 Å². The predicted molar refractivity (Wildman–Crippen MR) is 468 cm³/mol. The van der Waals surface area contributed by atoms with Gasteiger partial charge in [0, 0.05) is 172 Å². The molecular weight excluding hydrogens is 1660 g/mol. The van der Waals surface area contributed by atoms with Crippen LogP contribution in [0.2, 0.25) is 0 Å². The first kappa shape index (κ1) is 92.8. The van der Waals surface area contributed by atoms with Gasteiger partial charge in [-0.3, -0.25) is 67.2 Å². The number of hydrogen-bond donors (Lipinski definition) is 14. The van der Waals surface area contributed by atoms with Crippen LogP contribution in [0.1, 0.15) is 197 Å². The second-order valence-corrected chi connectivity index (χ2v) is 37.9. The Morgan fingerprint density at radius 1 is 0.717 bits per heavy atom. The molecule has 0 spiro atoms. The van der Waals surface area contributed by atoms with Gasteiger partial charge >= 0.3 is 19.9 Å². The van der Waals surface area contributed by atoms with Crippen LogP contribution in [-0.2, 0) is 56.6 Å². The van der Waals surface area contributed by atoms with Crippen LogP contribution in [0.4, 0.5) is 4.79 Å². The number of fused-ring (bicyclic) bond motifs is 9. The van der Waals surface area contributed by atoms with Crippen molar-refractivity contribution in [1.29, 1.82) is 0 Å². The fourth-order valence-corrected chi connectivity index (χ4v) is 21.9. The highest BCUT2D eigenvalue weighted by atomic mass is 31.2. The van der Waals surface area contributed by atoms with Crippen molar-refractivity contribution in [3.8, 4) is 28.2 Å². The molecule has 15 atom stereocenters. The molecule has 20 N–H and O–H groups in total. The average Bonchev–Trinajstić information content (AvgIpc) is 1.53. The number of phenolic OH excluding ortho intramolecular Hbond substituents is 1. The summed E-state index contributed by atoms with van der Waals surface area (Å²) in [7, 11) is -5.33. The first-order chi connectivity index (χ1) is 59.6. The number of aromatic carboxylic acids is 1. The molecule has 2 aliphatic carbocycles. The minimum atomic E-state index is -5.33. The lowest BCUT2D eigenvalue weighted by atomic mass is 9.56. The number of aryl methyl sites for hydroxylation is 2. The molecule has 678 valence electrons. The number of phosphoric acid groups is 1. The van der Waals surface area contributed by atoms with Crippen molar-refractivity contribution in [3.05, 3.63) is 140 Å². The maximum absolute atomic E-state index is 14.8. The van der Waals surface area contributed by atoms with Gasteiger partial charge in [-0.15, -0.1) is 0 Å². The van der Waals surface area contributed by atoms with Crippen LogP contribution < -0.4 is 61.1 Å². The van der Waals surface area contributed by atoms with E-state index in [0.29, 0.717) is 98.6 Å². The van der Waals surface area contributed by atoms with Gasteiger partial charge in [0.2, 0.25) is 41.4 Å². The summed E-state index contributed by atoms with van der Waals surface area (Å²) in [5.74, 6) is -9.42. The summed E-state index contributed by atoms with van der Waals surface area (Å²) in [5.41, 5.74) is 37.4. The normalized spacial score (nSPS) is 28.9. The lowest BCUT2D eigenvalue weighted by molar-refractivity contribution is -0.124. The Labute approximate surface area is 732 Å². The molecule has 1 saturated carbocycles. The summed E-state index contributed by atoms with van der Waals surface area (Å²) in [6.07, 6.45) is -5.11. The van der Waals surface area contributed by atoms with Crippen molar-refractivity contribution >= 4 is 106 Å². The molecule has 9 amide bonds. The number of carboxylic acids is 1. The number of amides is 9. The quantitative estimate of drug-likeness (QED) is 0.0141. The number of nitrogens with one attached hydrogen (secondary N) is 4. The highest BCUT2D eigenvalue weighted by molar-refractivity contribution is 7.47. The number of phosphoric ester groups is 1. The topological polar surface area (TPSA) is 595 Å². The Kier molecular flexibility index (Phi) is 26.2. The third-order valence-corrected chi connectivity index (χ3v) is 28.8. The van der Waals surface area contributed by atoms with Crippen LogP contribution in [0.25, 0.3) is 44.5 Å². The molecule has 3 fully saturated rings. The molecule has 36 nitrogen and oxygen atoms in total. The number of ether oxygens (including phenoxy) is 2. The van der Waals surface area contributed by atoms with E-state index >= 15 is 0 Å². The van der Waals surface area contributed by atoms with E-state index in [0.717, 1.165) is 11.1 Å². The number of benzene rings is 4. The Hall–Kier alpha value is -11.8. The first-order valence-corrected chi connectivity index (χ1v) is 44.1. The molecule has 15 unspecified atom stereocenters. The van der Waals surface area contributed by atoms with E-state index in [1.807, 2.05) is 80.5 Å². The van der Waals surface area contributed by atoms with E-state index in [1.54, 1.807) is 13.0 Å². The number of alkyl carbamates (subject to hydrolysis) is 1. The molecule has 9 aliphatic rings. The van der Waals surface area contributed by atoms with E-state index in [2.05, 4.69) is 26.3 Å². The van der Waals surface area contributed by atoms with E-state index in [1.165, 1.54) is 66.3 Å². The zero-order chi connectivity index (χ0) is 92.4. The number of nitrogens with zero attached hydrogens (tertiary/aromatic N) is 5. The van der Waals surface area contributed by atoms with Crippen LogP contribution in [0, 0.1) is 59.2 Å². The number of aliphatic hydroxyl groups is 1. The van der Waals surface area contributed by atoms with Gasteiger partial charge < -0.3 is 94.3 Å². The van der Waals surface area contributed by atoms with Gasteiger partial charge in [-0.1, -0.05) is 34.6 Å². The van der Waals surface area contributed by atoms with Crippen LogP contribution in [-0.4, -0.2) is 167 Å². The van der Waals surface area contributed by atoms with E-state index in [4.69, 9.17) is 72.3 Å². The molecule has 8 bridgehead atoms. The summed E-state index contributed by atoms with van der Waals surface area (Å²) in [6, 6.07) is 14.3. The van der Waals surface area contributed by atoms with Gasteiger partial charge in [-0.25, -0.2) is 19.1 Å². The number of allylic oxidation sites excluding steroid dienone is 6. The smallest absolute Gasteiger partial charge is 0.472 e. The molecule has 8 heterocycles. The lowest BCUT2D eigenvalue weighted by Crippen LogP contribution is -2.59. The van der Waals surface area contributed by atoms with Crippen molar-refractivity contribution in [1.82, 2.24) is 30.8 Å². The molecule has 127 heavy (non-hydrogen) atoms. The van der Waals surface area contributed by atoms with Gasteiger partial charge in [0.05, 0.1) is 46.3 Å². The maximum atomic E-state index is 14.8. The van der Waals surface area contributed by atoms with E-state index in [-0.39, 0.29) is 110 Å². The van der Waals surface area contributed by atoms with Crippen LogP contribution in [0.5, 0.6) is 5.75 Å². The molecule has 0 radical (unpaired) electrons. The molecule has 13 rings (SSSR count). The number of rotatable bonds is 32. The van der Waals surface area contributed by atoms with Gasteiger partial charge in [-0.2, -0.15) is 0 Å². The molecule has 37 heteroatoms. The molecule has 7 aliphatic heterocycles. The number of carbonyl (C=O) groups excluding carboxylic acids is 9. The summed E-state index contributed by atoms with van der Waals surface area (Å²) in [6.45, 7) is 19.0. The lowest BCUT2D eigenvalue weighted by Gasteiger charge is -2.48. The number of carboxylic acid groups (broad SMARTS) is 1. The van der Waals surface area contributed by atoms with Crippen LogP contribution >= 0.6 is 7.82 Å². The number of phenols is 1. The third kappa shape index (κ3) is 18.4. The zero-order valence-electron chi connectivity index (χ0n) is 72.8. The fraction of sp³-hybridized carbons (Fsp3) is 0.500. The third-order valence-electron chi connectivity index (χ3n) is 27.7. The van der Waals surface area contributed by atoms with E-state index in [9.17, 15) is 77.5 Å². The number of aliphatic hydroxyl groups excluding tert-OH is 1. The Morgan fingerprint density at radius 3 is 2.01 bits per heavy atom. The number of aromatic hydroxyl groups is 1. The largest absolute Gasteiger partial charge is 0.508 e. The van der Waals surface area contributed by atoms with Crippen molar-refractivity contribution in [3.63, 3.8) is 0 Å². The van der Waals surface area contributed by atoms with Crippen molar-refractivity contribution in [2.75, 3.05) is 13.2 Å². The first-order valence-electron chi connectivity index (χ1n) is 42.6. The SMILES string of the molecule is CC1=C2N=C(/C=C3N=C(/C(C)=C4\NC(C(CC(N)=O)C4(C)CCC(=O)NCC(C)OP(=O)(O)OC4C(COC(=O)NC5CCC(NC(=O)c6ccc(C(=O)O)c(-c7c8ccc(=O)cc-8oc8cc(O)ccc78)c6)CC5)OC(n5cnc6cc(C)c(C)cc65)C4O)C4(C)N=C1C(CCC(N)=O)C4(C)CC(N)=O)C(CCC(N)=O)C\3(C)C)C(CCC(N)=O)C2(C)CC(N)=O. The number of nitrogens with two attached hydrogens (primary N) is 6. The fourth-order valence-electron chi connectivity index (χ4n) is 20.7. The molecule has 4 aromatic rings. The number of primary amides is 6. The number of aromatic nitrogens is 2. The maximum Gasteiger partial charge on any atom is 0.472 e. The predicted octanol–water partition coefficient (Wildman–Crippen LogP) is 7.92. The number of carbonyl (C=O) groups is 10. The summed E-state index contributed by atoms with van der Waals surface area (Å²) in [4.78, 5) is 181. The average molecular weight is 1770 g/mol. The molecule has 2 saturated heterocycles. The summed E-state index contributed by atoms with van der Waals surface area (Å²) < 4.78 is 45.7. The molecular formula is C90H112N15O21P. The van der Waals surface area contributed by atoms with Crippen LogP contribution in [0.3, 0.4) is 0 Å². The molecule has 1 aromatic heterocycles. The second kappa shape index (κ2) is 35.8. The van der Waals surface area contributed by atoms with E-state index < -0.39 is 180 Å². The highest BCUT2D eigenvalue weighted by Crippen LogP contribution is 2.63. The van der Waals surface area contributed by atoms with Crippen LogP contribution in [0.15, 0.2) is 132 Å². The number of aliphatic imine (C=N–C) groups is 3. The van der Waals surface area contributed by atoms with Gasteiger partial charge in [0.15, 0.2) is 11.7 Å². The zero-order valence-corrected chi connectivity index (χ0v) is 73.7. The Balaban J connectivity index is 0.731. The minimum Gasteiger partial charge on any atom is -0.508 e. The van der Waals surface area contributed by atoms with Gasteiger partial charge in [0.25, 0.3) is 5.91 Å². The van der Waals surface area contributed by atoms with Gasteiger partial charge in [-0.05, 0) is 181 Å². The second-order valence-electron chi connectivity index (χ2n) is 36.6. The number of hydrogen-bond acceptors (Lipinski definition) is 24. The number of imidazole rings is 1. The van der Waals surface area contributed by atoms with Crippen molar-refractivity contribution in [2.45, 2.75) is 227 Å². The van der Waals surface area contributed by atoms with Crippen molar-refractivity contribution in [2.24, 2.45) is 94.7 Å². The highest BCUT2D eigenvalue weighted by Gasteiger charge is 2.67. The summed E-state index contributed by atoms with van der Waals surface area (Å²) >= 11 is 0. The molecule has 3 aromatic carbocycles. The monoisotopic (exact) mass is 1770 g/mol. The standard InChI is InChI=1S/C90H112N15O21P/c1-42-30-61-62(31-43(42)2)105(41-98-61)83-77(115)78(65(124-83)40-122-85(119)100-49-15-13-48(14-16-49)99-82(116)47-12-19-52(84(117)118)55(32-47)74-53-20-17-50(106)33-63(53)123-64-34-51(107)18-21-54(64)74)126-127(120,121)125-44(3)39-97-73(114)28-29-87(8)59(35-70(94)111)81-90(11)89(10,38-72(96)113)58(24-27-69(93)110)76(104-90)46(5)80-88(9,37-71(95)112)56(22-25-67(91)108)60(101-80)36-66-86(6,7)57(23-26-68(92)109)75(102-66)45(4)79(87)103-81/h12,17-21,30-34,36,41,44,48-49,56-59,65,77-78,81,83,103,106,115H,13-16,22-29,35,37-40H2,1-11H3,(H2,91,108)(H2,92,109)(H2,93,110)(H2,94,111)(H2,95,112)(H2,96,113)(H,97,114)(H,99,116)(H,100,119)(H,117,118)(H,120,121)/b66-36-,79-45-,80-46?.